The van der Waals surface area contributed by atoms with Crippen molar-refractivity contribution >= 4 is 29.3 Å². The van der Waals surface area contributed by atoms with Gasteiger partial charge in [-0.15, -0.1) is 10.2 Å². The molecule has 3 rings (SSSR count). The largest absolute Gasteiger partial charge is 0.385 e. The second kappa shape index (κ2) is 12.8. The maximum absolute atomic E-state index is 13.1. The van der Waals surface area contributed by atoms with Gasteiger partial charge in [0.15, 0.2) is 11.0 Å². The lowest BCUT2D eigenvalue weighted by atomic mass is 10.0. The number of ether oxygens (including phenoxy) is 1. The Kier molecular flexibility index (Phi) is 9.78. The molecular formula is C25H31ClN4O2S. The quantitative estimate of drug-likeness (QED) is 0.260. The van der Waals surface area contributed by atoms with Gasteiger partial charge in [-0.1, -0.05) is 79.2 Å². The minimum atomic E-state index is -0.336. The molecule has 0 bridgehead atoms. The molecule has 0 saturated carbocycles. The number of rotatable bonds is 12. The van der Waals surface area contributed by atoms with Crippen LogP contribution in [0.2, 0.25) is 5.02 Å². The second-order valence-electron chi connectivity index (χ2n) is 7.80. The van der Waals surface area contributed by atoms with Crippen molar-refractivity contribution in [3.05, 3.63) is 65.2 Å². The zero-order chi connectivity index (χ0) is 23.6. The maximum Gasteiger partial charge on any atom is 0.233 e. The Morgan fingerprint density at radius 3 is 2.58 bits per heavy atom. The predicted octanol–water partition coefficient (Wildman–Crippen LogP) is 5.77. The summed E-state index contributed by atoms with van der Waals surface area (Å²) < 4.78 is 7.25. The first kappa shape index (κ1) is 25.3. The van der Waals surface area contributed by atoms with E-state index < -0.39 is 0 Å². The van der Waals surface area contributed by atoms with Crippen molar-refractivity contribution in [2.75, 3.05) is 13.7 Å². The van der Waals surface area contributed by atoms with Gasteiger partial charge in [-0.05, 0) is 37.5 Å². The number of nitrogens with zero attached hydrogens (tertiary/aromatic N) is 3. The molecule has 1 heterocycles. The molecule has 1 aromatic heterocycles. The Morgan fingerprint density at radius 2 is 1.88 bits per heavy atom. The summed E-state index contributed by atoms with van der Waals surface area (Å²) in [7, 11) is 1.68. The van der Waals surface area contributed by atoms with E-state index in [1.54, 1.807) is 7.11 Å². The Hall–Kier alpha value is -2.35. The molecule has 2 unspecified atom stereocenters. The number of hydrogen-bond acceptors (Lipinski definition) is 5. The minimum Gasteiger partial charge on any atom is -0.385 e. The average molecular weight is 487 g/mol. The Morgan fingerprint density at radius 1 is 1.15 bits per heavy atom. The van der Waals surface area contributed by atoms with E-state index in [4.69, 9.17) is 16.3 Å². The van der Waals surface area contributed by atoms with Crippen LogP contribution in [-0.2, 0) is 16.1 Å². The highest BCUT2D eigenvalue weighted by atomic mass is 35.5. The van der Waals surface area contributed by atoms with Crippen molar-refractivity contribution in [3.63, 3.8) is 0 Å². The third-order valence-corrected chi connectivity index (χ3v) is 6.72. The Bertz CT molecular complexity index is 1030. The first-order valence-corrected chi connectivity index (χ1v) is 12.5. The van der Waals surface area contributed by atoms with Crippen LogP contribution in [0.4, 0.5) is 0 Å². The summed E-state index contributed by atoms with van der Waals surface area (Å²) in [6, 6.07) is 17.7. The standard InChI is InChI=1S/C25H31ClN4O2S/c1-4-11-22(19-12-6-5-7-13-19)27-24(31)18(2)33-25-29-28-23(30(25)16-10-17-32-3)20-14-8-9-15-21(20)26/h5-9,12-15,18,22H,4,10-11,16-17H2,1-3H3,(H,27,31). The van der Waals surface area contributed by atoms with Crippen molar-refractivity contribution in [1.29, 1.82) is 0 Å². The fraction of sp³-hybridized carbons (Fsp3) is 0.400. The van der Waals surface area contributed by atoms with Gasteiger partial charge in [-0.25, -0.2) is 0 Å². The average Bonchev–Trinajstić information content (AvgIpc) is 3.21. The van der Waals surface area contributed by atoms with Crippen LogP contribution in [0.5, 0.6) is 0 Å². The van der Waals surface area contributed by atoms with Crippen LogP contribution in [0.1, 0.15) is 44.7 Å². The molecule has 6 nitrogen and oxygen atoms in total. The first-order valence-electron chi connectivity index (χ1n) is 11.2. The molecule has 0 aliphatic carbocycles. The van der Waals surface area contributed by atoms with Crippen molar-refractivity contribution in [2.45, 2.75) is 56.1 Å². The highest BCUT2D eigenvalue weighted by Crippen LogP contribution is 2.31. The molecule has 8 heteroatoms. The van der Waals surface area contributed by atoms with Crippen LogP contribution in [0.25, 0.3) is 11.4 Å². The summed E-state index contributed by atoms with van der Waals surface area (Å²) in [4.78, 5) is 13.1. The summed E-state index contributed by atoms with van der Waals surface area (Å²) in [5.74, 6) is 0.674. The van der Waals surface area contributed by atoms with Crippen LogP contribution in [0, 0.1) is 0 Å². The fourth-order valence-electron chi connectivity index (χ4n) is 3.58. The number of thioether (sulfide) groups is 1. The molecule has 0 aliphatic rings. The van der Waals surface area contributed by atoms with Crippen LogP contribution in [-0.4, -0.2) is 39.6 Å². The monoisotopic (exact) mass is 486 g/mol. The van der Waals surface area contributed by atoms with E-state index in [9.17, 15) is 4.79 Å². The van der Waals surface area contributed by atoms with Crippen LogP contribution >= 0.6 is 23.4 Å². The minimum absolute atomic E-state index is 0.00925. The molecule has 0 saturated heterocycles. The summed E-state index contributed by atoms with van der Waals surface area (Å²) in [5, 5.41) is 13.0. The van der Waals surface area contributed by atoms with Crippen LogP contribution in [0.15, 0.2) is 59.8 Å². The Balaban J connectivity index is 1.78. The van der Waals surface area contributed by atoms with E-state index in [1.165, 1.54) is 11.8 Å². The summed E-state index contributed by atoms with van der Waals surface area (Å²) in [6.07, 6.45) is 2.67. The molecule has 33 heavy (non-hydrogen) atoms. The smallest absolute Gasteiger partial charge is 0.233 e. The zero-order valence-electron chi connectivity index (χ0n) is 19.3. The molecule has 176 valence electrons. The van der Waals surface area contributed by atoms with E-state index in [1.807, 2.05) is 54.0 Å². The van der Waals surface area contributed by atoms with Crippen molar-refractivity contribution in [2.24, 2.45) is 0 Å². The molecular weight excluding hydrogens is 456 g/mol. The molecule has 0 fully saturated rings. The third kappa shape index (κ3) is 6.82. The molecule has 1 N–H and O–H groups in total. The number of carbonyl (C=O) groups is 1. The maximum atomic E-state index is 13.1. The van der Waals surface area contributed by atoms with Gasteiger partial charge in [0.1, 0.15) is 0 Å². The number of amides is 1. The predicted molar refractivity (Wildman–Crippen MR) is 135 cm³/mol. The third-order valence-electron chi connectivity index (χ3n) is 5.31. The number of hydrogen-bond donors (Lipinski definition) is 1. The molecule has 0 spiro atoms. The summed E-state index contributed by atoms with van der Waals surface area (Å²) in [6.45, 7) is 5.31. The highest BCUT2D eigenvalue weighted by Gasteiger charge is 2.23. The van der Waals surface area contributed by atoms with Gasteiger partial charge in [0.05, 0.1) is 16.3 Å². The van der Waals surface area contributed by atoms with Gasteiger partial charge in [-0.2, -0.15) is 0 Å². The van der Waals surface area contributed by atoms with Crippen molar-refractivity contribution in [3.8, 4) is 11.4 Å². The Labute approximate surface area is 205 Å². The van der Waals surface area contributed by atoms with E-state index >= 15 is 0 Å². The van der Waals surface area contributed by atoms with Gasteiger partial charge < -0.3 is 14.6 Å². The molecule has 3 aromatic rings. The molecule has 1 amide bonds. The van der Waals surface area contributed by atoms with E-state index in [2.05, 4.69) is 34.6 Å². The lowest BCUT2D eigenvalue weighted by Crippen LogP contribution is -2.34. The SMILES string of the molecule is CCCC(NC(=O)C(C)Sc1nnc(-c2ccccc2Cl)n1CCCOC)c1ccccc1. The van der Waals surface area contributed by atoms with Crippen LogP contribution in [0.3, 0.4) is 0 Å². The first-order chi connectivity index (χ1) is 16.0. The number of benzene rings is 2. The van der Waals surface area contributed by atoms with Crippen molar-refractivity contribution in [1.82, 2.24) is 20.1 Å². The lowest BCUT2D eigenvalue weighted by Gasteiger charge is -2.21. The molecule has 0 aliphatic heterocycles. The highest BCUT2D eigenvalue weighted by molar-refractivity contribution is 8.00. The number of halogens is 1. The van der Waals surface area contributed by atoms with Crippen molar-refractivity contribution < 1.29 is 9.53 Å². The normalized spacial score (nSPS) is 13.0. The van der Waals surface area contributed by atoms with Crippen LogP contribution < -0.4 is 5.32 Å². The van der Waals surface area contributed by atoms with Gasteiger partial charge >= 0.3 is 0 Å². The summed E-state index contributed by atoms with van der Waals surface area (Å²) in [5.41, 5.74) is 1.94. The van der Waals surface area contributed by atoms with Gasteiger partial charge in [0.25, 0.3) is 0 Å². The number of methoxy groups -OCH3 is 1. The lowest BCUT2D eigenvalue weighted by molar-refractivity contribution is -0.121. The number of nitrogens with one attached hydrogen (secondary N) is 1. The van der Waals surface area contributed by atoms with Gasteiger partial charge in [-0.3, -0.25) is 4.79 Å². The molecule has 2 atom stereocenters. The number of carbonyl (C=O) groups excluding carboxylic acids is 1. The van der Waals surface area contributed by atoms with Gasteiger partial charge in [0, 0.05) is 25.8 Å². The second-order valence-corrected chi connectivity index (χ2v) is 9.52. The molecule has 2 aromatic carbocycles. The fourth-order valence-corrected chi connectivity index (χ4v) is 4.69. The van der Waals surface area contributed by atoms with E-state index in [-0.39, 0.29) is 17.2 Å². The number of aromatic nitrogens is 3. The topological polar surface area (TPSA) is 69.0 Å². The van der Waals surface area contributed by atoms with E-state index in [0.717, 1.165) is 30.4 Å². The molecule has 0 radical (unpaired) electrons. The summed E-state index contributed by atoms with van der Waals surface area (Å²) >= 11 is 7.83. The zero-order valence-corrected chi connectivity index (χ0v) is 20.9. The van der Waals surface area contributed by atoms with Gasteiger partial charge in [0.2, 0.25) is 5.91 Å². The van der Waals surface area contributed by atoms with E-state index in [0.29, 0.717) is 29.2 Å².